The zero-order valence-corrected chi connectivity index (χ0v) is 16.3. The molecule has 0 aromatic rings. The first-order chi connectivity index (χ1) is 11.0. The standard InChI is InChI=1S/C17H34NO4P/c1-7-9-11-21-23(18(16(3)4)17(5)6)22-15-14-20-13-12-19-10-8-2/h1,16-17H,8-15H2,2-6H3. The van der Waals surface area contributed by atoms with Crippen molar-refractivity contribution < 1.29 is 18.5 Å². The summed E-state index contributed by atoms with van der Waals surface area (Å²) in [4.78, 5) is 0. The molecule has 0 aliphatic heterocycles. The van der Waals surface area contributed by atoms with Crippen molar-refractivity contribution in [2.45, 2.75) is 59.5 Å². The molecule has 0 spiro atoms. The first-order valence-electron chi connectivity index (χ1n) is 8.47. The van der Waals surface area contributed by atoms with Gasteiger partial charge < -0.3 is 18.5 Å². The van der Waals surface area contributed by atoms with Gasteiger partial charge in [-0.25, -0.2) is 4.67 Å². The summed E-state index contributed by atoms with van der Waals surface area (Å²) in [7, 11) is -1.12. The van der Waals surface area contributed by atoms with Crippen molar-refractivity contribution in [3.8, 4) is 12.3 Å². The van der Waals surface area contributed by atoms with Gasteiger partial charge in [0.1, 0.15) is 0 Å². The van der Waals surface area contributed by atoms with E-state index in [0.29, 0.717) is 51.5 Å². The average molecular weight is 347 g/mol. The second-order valence-corrected chi connectivity index (χ2v) is 7.10. The first kappa shape index (κ1) is 22.8. The van der Waals surface area contributed by atoms with E-state index < -0.39 is 8.53 Å². The van der Waals surface area contributed by atoms with Gasteiger partial charge >= 0.3 is 0 Å². The van der Waals surface area contributed by atoms with E-state index in [0.717, 1.165) is 13.0 Å². The Morgan fingerprint density at radius 3 is 1.91 bits per heavy atom. The summed E-state index contributed by atoms with van der Waals surface area (Å²) in [5.41, 5.74) is 0. The first-order valence-corrected chi connectivity index (χ1v) is 9.60. The van der Waals surface area contributed by atoms with E-state index in [9.17, 15) is 0 Å². The van der Waals surface area contributed by atoms with Crippen LogP contribution < -0.4 is 0 Å². The van der Waals surface area contributed by atoms with Crippen LogP contribution in [0.5, 0.6) is 0 Å². The Morgan fingerprint density at radius 1 is 0.870 bits per heavy atom. The van der Waals surface area contributed by atoms with Crippen LogP contribution in [0, 0.1) is 12.3 Å². The maximum atomic E-state index is 5.94. The third-order valence-corrected chi connectivity index (χ3v) is 4.95. The van der Waals surface area contributed by atoms with Crippen molar-refractivity contribution >= 4 is 8.53 Å². The SMILES string of the molecule is C#CCCOP(OCCOCCOCCC)N(C(C)C)C(C)C. The van der Waals surface area contributed by atoms with E-state index in [1.54, 1.807) is 0 Å². The van der Waals surface area contributed by atoms with Crippen LogP contribution in [0.2, 0.25) is 0 Å². The molecule has 136 valence electrons. The van der Waals surface area contributed by atoms with Crippen LogP contribution >= 0.6 is 8.53 Å². The molecule has 0 fully saturated rings. The molecule has 0 radical (unpaired) electrons. The molecule has 0 aromatic heterocycles. The Labute approximate surface area is 144 Å². The molecular formula is C17H34NO4P. The lowest BCUT2D eigenvalue weighted by Gasteiger charge is -2.35. The summed E-state index contributed by atoms with van der Waals surface area (Å²) in [5, 5.41) is 0. The largest absolute Gasteiger partial charge is 0.379 e. The highest BCUT2D eigenvalue weighted by Gasteiger charge is 2.26. The summed E-state index contributed by atoms with van der Waals surface area (Å²) in [6, 6.07) is 0.686. The second kappa shape index (κ2) is 15.3. The molecule has 0 aliphatic carbocycles. The normalized spacial score (nSPS) is 13.0. The van der Waals surface area contributed by atoms with Gasteiger partial charge in [-0.05, 0) is 34.1 Å². The number of rotatable bonds is 15. The lowest BCUT2D eigenvalue weighted by Crippen LogP contribution is -2.34. The predicted molar refractivity (Wildman–Crippen MR) is 96.3 cm³/mol. The Bertz CT molecular complexity index is 299. The van der Waals surface area contributed by atoms with E-state index in [2.05, 4.69) is 45.2 Å². The molecule has 0 N–H and O–H groups in total. The van der Waals surface area contributed by atoms with E-state index in [1.807, 2.05) is 0 Å². The maximum absolute atomic E-state index is 5.94. The fourth-order valence-electron chi connectivity index (χ4n) is 1.97. The Morgan fingerprint density at radius 2 is 1.39 bits per heavy atom. The Balaban J connectivity index is 4.13. The molecule has 0 saturated carbocycles. The Hall–Kier alpha value is -0.210. The minimum absolute atomic E-state index is 0.343. The van der Waals surface area contributed by atoms with Crippen molar-refractivity contribution in [2.75, 3.05) is 39.6 Å². The molecule has 0 saturated heterocycles. The van der Waals surface area contributed by atoms with E-state index in [1.165, 1.54) is 0 Å². The number of ether oxygens (including phenoxy) is 2. The Kier molecular flexibility index (Phi) is 15.2. The van der Waals surface area contributed by atoms with E-state index >= 15 is 0 Å². The average Bonchev–Trinajstić information content (AvgIpc) is 2.49. The molecule has 0 aliphatic rings. The van der Waals surface area contributed by atoms with Gasteiger partial charge in [-0.15, -0.1) is 12.3 Å². The summed E-state index contributed by atoms with van der Waals surface area (Å²) in [6.45, 7) is 14.2. The van der Waals surface area contributed by atoms with Crippen molar-refractivity contribution in [1.29, 1.82) is 0 Å². The number of hydrogen-bond acceptors (Lipinski definition) is 5. The van der Waals surface area contributed by atoms with Crippen LogP contribution in [0.4, 0.5) is 0 Å². The van der Waals surface area contributed by atoms with Crippen LogP contribution in [0.15, 0.2) is 0 Å². The molecule has 0 amide bonds. The zero-order chi connectivity index (χ0) is 17.5. The lowest BCUT2D eigenvalue weighted by atomic mass is 10.3. The topological polar surface area (TPSA) is 40.2 Å². The summed E-state index contributed by atoms with van der Waals surface area (Å²) < 4.78 is 24.9. The quantitative estimate of drug-likeness (QED) is 0.256. The van der Waals surface area contributed by atoms with Crippen LogP contribution in [-0.2, 0) is 18.5 Å². The van der Waals surface area contributed by atoms with Gasteiger partial charge in [-0.2, -0.15) is 0 Å². The minimum atomic E-state index is -1.12. The number of hydrogen-bond donors (Lipinski definition) is 0. The van der Waals surface area contributed by atoms with E-state index in [4.69, 9.17) is 24.9 Å². The van der Waals surface area contributed by atoms with Crippen molar-refractivity contribution in [2.24, 2.45) is 0 Å². The highest BCUT2D eigenvalue weighted by molar-refractivity contribution is 7.44. The zero-order valence-electron chi connectivity index (χ0n) is 15.4. The molecule has 0 bridgehead atoms. The van der Waals surface area contributed by atoms with Gasteiger partial charge in [-0.1, -0.05) is 6.92 Å². The summed E-state index contributed by atoms with van der Waals surface area (Å²) in [5.74, 6) is 2.59. The van der Waals surface area contributed by atoms with Gasteiger partial charge in [0.15, 0.2) is 0 Å². The molecule has 1 atom stereocenters. The van der Waals surface area contributed by atoms with Gasteiger partial charge in [0.2, 0.25) is 0 Å². The fourth-order valence-corrected chi connectivity index (χ4v) is 3.54. The monoisotopic (exact) mass is 347 g/mol. The van der Waals surface area contributed by atoms with E-state index in [-0.39, 0.29) is 0 Å². The van der Waals surface area contributed by atoms with Gasteiger partial charge in [0, 0.05) is 25.1 Å². The van der Waals surface area contributed by atoms with Gasteiger partial charge in [-0.3, -0.25) is 0 Å². The smallest absolute Gasteiger partial charge is 0.259 e. The predicted octanol–water partition coefficient (Wildman–Crippen LogP) is 3.83. The van der Waals surface area contributed by atoms with Crippen LogP contribution in [0.25, 0.3) is 0 Å². The van der Waals surface area contributed by atoms with Crippen LogP contribution in [-0.4, -0.2) is 56.4 Å². The molecule has 6 heteroatoms. The maximum Gasteiger partial charge on any atom is 0.259 e. The fraction of sp³-hybridized carbons (Fsp3) is 0.882. The molecule has 0 aromatic carbocycles. The molecular weight excluding hydrogens is 313 g/mol. The van der Waals surface area contributed by atoms with Gasteiger partial charge in [0.25, 0.3) is 8.53 Å². The minimum Gasteiger partial charge on any atom is -0.379 e. The third-order valence-electron chi connectivity index (χ3n) is 2.84. The van der Waals surface area contributed by atoms with Crippen LogP contribution in [0.3, 0.4) is 0 Å². The summed E-state index contributed by atoms with van der Waals surface area (Å²) in [6.07, 6.45) is 6.92. The highest BCUT2D eigenvalue weighted by Crippen LogP contribution is 2.45. The third kappa shape index (κ3) is 11.9. The van der Waals surface area contributed by atoms with Crippen molar-refractivity contribution in [3.05, 3.63) is 0 Å². The summed E-state index contributed by atoms with van der Waals surface area (Å²) >= 11 is 0. The highest BCUT2D eigenvalue weighted by atomic mass is 31.2. The lowest BCUT2D eigenvalue weighted by molar-refractivity contribution is 0.0337. The molecule has 0 heterocycles. The second-order valence-electron chi connectivity index (χ2n) is 5.65. The van der Waals surface area contributed by atoms with Crippen molar-refractivity contribution in [3.63, 3.8) is 0 Å². The van der Waals surface area contributed by atoms with Crippen molar-refractivity contribution in [1.82, 2.24) is 4.67 Å². The molecule has 5 nitrogen and oxygen atoms in total. The molecule has 1 unspecified atom stereocenters. The van der Waals surface area contributed by atoms with Gasteiger partial charge in [0.05, 0.1) is 33.0 Å². The van der Waals surface area contributed by atoms with Crippen LogP contribution in [0.1, 0.15) is 47.5 Å². The molecule has 0 rings (SSSR count). The number of nitrogens with zero attached hydrogens (tertiary/aromatic N) is 1. The number of terminal acetylenes is 1. The molecule has 23 heavy (non-hydrogen) atoms.